The standard InChI is InChI=1S/C15H23NO3S/c1-12-5-3-7-14(9-12)20(18,19)16-15(11-17)8-4-6-13(2)10-15/h3,5,7,9,13,16-17H,4,6,8,10-11H2,1-2H3. The highest BCUT2D eigenvalue weighted by Gasteiger charge is 2.38. The third-order valence-corrected chi connectivity index (χ3v) is 5.62. The molecule has 0 amide bonds. The summed E-state index contributed by atoms with van der Waals surface area (Å²) in [4.78, 5) is 0.267. The molecule has 1 aromatic rings. The van der Waals surface area contributed by atoms with Gasteiger partial charge in [-0.3, -0.25) is 0 Å². The first-order valence-corrected chi connectivity index (χ1v) is 8.57. The molecule has 0 radical (unpaired) electrons. The van der Waals surface area contributed by atoms with E-state index in [1.165, 1.54) is 0 Å². The molecule has 1 aliphatic rings. The van der Waals surface area contributed by atoms with E-state index in [9.17, 15) is 13.5 Å². The van der Waals surface area contributed by atoms with Crippen LogP contribution in [-0.4, -0.2) is 25.7 Å². The highest BCUT2D eigenvalue weighted by molar-refractivity contribution is 7.89. The molecule has 2 rings (SSSR count). The number of nitrogens with one attached hydrogen (secondary N) is 1. The lowest BCUT2D eigenvalue weighted by atomic mass is 9.78. The fourth-order valence-electron chi connectivity index (χ4n) is 3.06. The van der Waals surface area contributed by atoms with Gasteiger partial charge in [-0.2, -0.15) is 0 Å². The third-order valence-electron chi connectivity index (χ3n) is 4.04. The van der Waals surface area contributed by atoms with Crippen LogP contribution in [0.15, 0.2) is 29.2 Å². The molecule has 1 saturated carbocycles. The first kappa shape index (κ1) is 15.5. The Morgan fingerprint density at radius 2 is 2.20 bits per heavy atom. The monoisotopic (exact) mass is 297 g/mol. The molecule has 2 N–H and O–H groups in total. The maximum absolute atomic E-state index is 12.5. The quantitative estimate of drug-likeness (QED) is 0.895. The van der Waals surface area contributed by atoms with Crippen LogP contribution in [0.4, 0.5) is 0 Å². The number of hydrogen-bond donors (Lipinski definition) is 2. The van der Waals surface area contributed by atoms with Gasteiger partial charge in [0.25, 0.3) is 0 Å². The summed E-state index contributed by atoms with van der Waals surface area (Å²) < 4.78 is 27.8. The highest BCUT2D eigenvalue weighted by atomic mass is 32.2. The number of benzene rings is 1. The van der Waals surface area contributed by atoms with Gasteiger partial charge in [-0.05, 0) is 43.4 Å². The first-order chi connectivity index (χ1) is 9.37. The van der Waals surface area contributed by atoms with Crippen molar-refractivity contribution < 1.29 is 13.5 Å². The lowest BCUT2D eigenvalue weighted by Gasteiger charge is -2.39. The van der Waals surface area contributed by atoms with Crippen molar-refractivity contribution in [3.05, 3.63) is 29.8 Å². The Morgan fingerprint density at radius 3 is 2.80 bits per heavy atom. The second-order valence-electron chi connectivity index (χ2n) is 6.06. The Kier molecular flexibility index (Phi) is 4.52. The normalized spacial score (nSPS) is 27.4. The van der Waals surface area contributed by atoms with E-state index in [2.05, 4.69) is 11.6 Å². The molecule has 0 aliphatic heterocycles. The van der Waals surface area contributed by atoms with Gasteiger partial charge in [0.1, 0.15) is 0 Å². The number of hydrogen-bond acceptors (Lipinski definition) is 3. The molecule has 0 spiro atoms. The summed E-state index contributed by atoms with van der Waals surface area (Å²) in [6.45, 7) is 3.82. The molecule has 20 heavy (non-hydrogen) atoms. The van der Waals surface area contributed by atoms with Crippen molar-refractivity contribution >= 4 is 10.0 Å². The van der Waals surface area contributed by atoms with Gasteiger partial charge in [-0.25, -0.2) is 13.1 Å². The minimum absolute atomic E-state index is 0.150. The summed E-state index contributed by atoms with van der Waals surface area (Å²) in [6.07, 6.45) is 3.42. The molecule has 0 saturated heterocycles. The van der Waals surface area contributed by atoms with Gasteiger partial charge in [0.2, 0.25) is 10.0 Å². The van der Waals surface area contributed by atoms with E-state index in [4.69, 9.17) is 0 Å². The SMILES string of the molecule is Cc1cccc(S(=O)(=O)NC2(CO)CCCC(C)C2)c1. The van der Waals surface area contributed by atoms with Crippen molar-refractivity contribution in [1.29, 1.82) is 0 Å². The van der Waals surface area contributed by atoms with Crippen LogP contribution in [0, 0.1) is 12.8 Å². The zero-order valence-corrected chi connectivity index (χ0v) is 12.9. The number of sulfonamides is 1. The molecule has 0 bridgehead atoms. The average Bonchev–Trinajstić information content (AvgIpc) is 2.38. The van der Waals surface area contributed by atoms with E-state index in [0.29, 0.717) is 18.8 Å². The number of rotatable bonds is 4. The fourth-order valence-corrected chi connectivity index (χ4v) is 4.59. The lowest BCUT2D eigenvalue weighted by Crippen LogP contribution is -2.53. The van der Waals surface area contributed by atoms with Crippen LogP contribution in [-0.2, 0) is 10.0 Å². The number of aryl methyl sites for hydroxylation is 1. The molecule has 1 aromatic carbocycles. The van der Waals surface area contributed by atoms with E-state index in [1.54, 1.807) is 18.2 Å². The van der Waals surface area contributed by atoms with Gasteiger partial charge < -0.3 is 5.11 Å². The average molecular weight is 297 g/mol. The Labute approximate surface area is 121 Å². The van der Waals surface area contributed by atoms with E-state index in [0.717, 1.165) is 18.4 Å². The van der Waals surface area contributed by atoms with Gasteiger partial charge in [-0.15, -0.1) is 0 Å². The largest absolute Gasteiger partial charge is 0.394 e. The maximum atomic E-state index is 12.5. The zero-order valence-electron chi connectivity index (χ0n) is 12.1. The van der Waals surface area contributed by atoms with Crippen molar-refractivity contribution in [2.45, 2.75) is 50.0 Å². The summed E-state index contributed by atoms with van der Waals surface area (Å²) in [6, 6.07) is 6.84. The molecule has 0 heterocycles. The Bertz CT molecular complexity index is 570. The van der Waals surface area contributed by atoms with E-state index < -0.39 is 15.6 Å². The molecule has 1 aliphatic carbocycles. The number of aliphatic hydroxyl groups is 1. The molecule has 2 atom stereocenters. The molecule has 5 heteroatoms. The van der Waals surface area contributed by atoms with Crippen LogP contribution in [0.2, 0.25) is 0 Å². The van der Waals surface area contributed by atoms with Gasteiger partial charge in [0, 0.05) is 0 Å². The minimum atomic E-state index is -3.59. The summed E-state index contributed by atoms with van der Waals surface area (Å²) in [7, 11) is -3.59. The topological polar surface area (TPSA) is 66.4 Å². The first-order valence-electron chi connectivity index (χ1n) is 7.08. The second-order valence-corrected chi connectivity index (χ2v) is 7.74. The molecule has 2 unspecified atom stereocenters. The number of aliphatic hydroxyl groups excluding tert-OH is 1. The molecular weight excluding hydrogens is 274 g/mol. The second kappa shape index (κ2) is 5.84. The zero-order chi connectivity index (χ0) is 14.8. The van der Waals surface area contributed by atoms with Gasteiger partial charge in [0.05, 0.1) is 17.0 Å². The molecule has 0 aromatic heterocycles. The van der Waals surface area contributed by atoms with Crippen molar-refractivity contribution in [1.82, 2.24) is 4.72 Å². The van der Waals surface area contributed by atoms with Gasteiger partial charge in [-0.1, -0.05) is 31.9 Å². The predicted molar refractivity (Wildman–Crippen MR) is 78.9 cm³/mol. The van der Waals surface area contributed by atoms with Gasteiger partial charge in [0.15, 0.2) is 0 Å². The van der Waals surface area contributed by atoms with E-state index >= 15 is 0 Å². The van der Waals surface area contributed by atoms with Crippen LogP contribution in [0.25, 0.3) is 0 Å². The van der Waals surface area contributed by atoms with E-state index in [-0.39, 0.29) is 11.5 Å². The predicted octanol–water partition coefficient (Wildman–Crippen LogP) is 2.21. The Hall–Kier alpha value is -0.910. The van der Waals surface area contributed by atoms with Crippen LogP contribution < -0.4 is 4.72 Å². The van der Waals surface area contributed by atoms with Crippen LogP contribution in [0.5, 0.6) is 0 Å². The smallest absolute Gasteiger partial charge is 0.241 e. The summed E-state index contributed by atoms with van der Waals surface area (Å²) >= 11 is 0. The van der Waals surface area contributed by atoms with Crippen LogP contribution in [0.3, 0.4) is 0 Å². The molecule has 112 valence electrons. The lowest BCUT2D eigenvalue weighted by molar-refractivity contribution is 0.120. The fraction of sp³-hybridized carbons (Fsp3) is 0.600. The molecular formula is C15H23NO3S. The van der Waals surface area contributed by atoms with Gasteiger partial charge >= 0.3 is 0 Å². The Morgan fingerprint density at radius 1 is 1.45 bits per heavy atom. The third kappa shape index (κ3) is 3.40. The summed E-state index contributed by atoms with van der Waals surface area (Å²) in [5.74, 6) is 0.427. The van der Waals surface area contributed by atoms with E-state index in [1.807, 2.05) is 13.0 Å². The van der Waals surface area contributed by atoms with Crippen molar-refractivity contribution in [2.75, 3.05) is 6.61 Å². The molecule has 1 fully saturated rings. The van der Waals surface area contributed by atoms with Crippen molar-refractivity contribution in [3.63, 3.8) is 0 Å². The van der Waals surface area contributed by atoms with Crippen LogP contribution >= 0.6 is 0 Å². The van der Waals surface area contributed by atoms with Crippen molar-refractivity contribution in [3.8, 4) is 0 Å². The van der Waals surface area contributed by atoms with Crippen molar-refractivity contribution in [2.24, 2.45) is 5.92 Å². The van der Waals surface area contributed by atoms with Crippen LogP contribution in [0.1, 0.15) is 38.2 Å². The molecule has 4 nitrogen and oxygen atoms in total. The Balaban J connectivity index is 2.26. The highest BCUT2D eigenvalue weighted by Crippen LogP contribution is 2.33. The summed E-state index contributed by atoms with van der Waals surface area (Å²) in [5, 5.41) is 9.70. The maximum Gasteiger partial charge on any atom is 0.241 e. The summed E-state index contributed by atoms with van der Waals surface area (Å²) in [5.41, 5.74) is 0.197. The minimum Gasteiger partial charge on any atom is -0.394 e.